The summed E-state index contributed by atoms with van der Waals surface area (Å²) in [6.07, 6.45) is 3.28. The molecule has 2 aliphatic heterocycles. The van der Waals surface area contributed by atoms with Crippen LogP contribution in [0.25, 0.3) is 0 Å². The van der Waals surface area contributed by atoms with Crippen LogP contribution in [0.3, 0.4) is 0 Å². The maximum Gasteiger partial charge on any atom is 0.302 e. The van der Waals surface area contributed by atoms with E-state index in [1.54, 1.807) is 13.0 Å². The summed E-state index contributed by atoms with van der Waals surface area (Å²) in [6, 6.07) is 9.99. The normalized spacial score (nSPS) is 34.7. The van der Waals surface area contributed by atoms with Crippen molar-refractivity contribution in [1.29, 1.82) is 0 Å². The molecule has 0 saturated carbocycles. The molecule has 2 fully saturated rings. The quantitative estimate of drug-likeness (QED) is 0.426. The topological polar surface area (TPSA) is 74.2 Å². The average Bonchev–Trinajstić information content (AvgIpc) is 2.63. The lowest BCUT2D eigenvalue weighted by Crippen LogP contribution is -2.58. The maximum absolute atomic E-state index is 11.6. The zero-order valence-electron chi connectivity index (χ0n) is 17.3. The lowest BCUT2D eigenvalue weighted by atomic mass is 9.82. The fraction of sp³-hybridized carbons (Fsp3) is 0.609. The average molecular weight is 405 g/mol. The first-order valence-electron chi connectivity index (χ1n) is 10.3. The van der Waals surface area contributed by atoms with Crippen LogP contribution in [0.15, 0.2) is 43.0 Å². The summed E-state index contributed by atoms with van der Waals surface area (Å²) in [5.41, 5.74) is 0.177. The minimum absolute atomic E-state index is 0.191. The van der Waals surface area contributed by atoms with Gasteiger partial charge in [0.1, 0.15) is 6.10 Å². The molecule has 0 bridgehead atoms. The van der Waals surface area contributed by atoms with E-state index in [2.05, 4.69) is 6.58 Å². The number of esters is 1. The van der Waals surface area contributed by atoms with Gasteiger partial charge in [0, 0.05) is 39.2 Å². The highest BCUT2D eigenvalue weighted by molar-refractivity contribution is 5.66. The molecular weight excluding hydrogens is 372 g/mol. The number of ether oxygens (including phenoxy) is 4. The molecule has 6 heteroatoms. The molecular formula is C23H32O6. The van der Waals surface area contributed by atoms with E-state index in [9.17, 15) is 9.90 Å². The van der Waals surface area contributed by atoms with Gasteiger partial charge in [-0.1, -0.05) is 36.4 Å². The highest BCUT2D eigenvalue weighted by Gasteiger charge is 2.52. The monoisotopic (exact) mass is 404 g/mol. The molecule has 1 N–H and O–H groups in total. The van der Waals surface area contributed by atoms with E-state index in [-0.39, 0.29) is 24.3 Å². The Bertz CT molecular complexity index is 688. The first-order valence-corrected chi connectivity index (χ1v) is 10.3. The van der Waals surface area contributed by atoms with E-state index in [0.29, 0.717) is 45.3 Å². The van der Waals surface area contributed by atoms with Gasteiger partial charge in [-0.25, -0.2) is 0 Å². The zero-order chi connectivity index (χ0) is 20.9. The van der Waals surface area contributed by atoms with Gasteiger partial charge in [0.25, 0.3) is 0 Å². The van der Waals surface area contributed by atoms with E-state index in [1.165, 1.54) is 6.92 Å². The second kappa shape index (κ2) is 9.39. The van der Waals surface area contributed by atoms with Gasteiger partial charge in [-0.05, 0) is 18.9 Å². The van der Waals surface area contributed by atoms with E-state index in [1.807, 2.05) is 30.3 Å². The fourth-order valence-electron chi connectivity index (χ4n) is 4.37. The van der Waals surface area contributed by atoms with Crippen molar-refractivity contribution < 1.29 is 28.8 Å². The van der Waals surface area contributed by atoms with Crippen molar-refractivity contribution in [3.05, 3.63) is 48.6 Å². The number of rotatable bonds is 7. The predicted octanol–water partition coefficient (Wildman–Crippen LogP) is 3.52. The zero-order valence-corrected chi connectivity index (χ0v) is 17.3. The van der Waals surface area contributed by atoms with Gasteiger partial charge >= 0.3 is 5.97 Å². The minimum atomic E-state index is -0.997. The number of carbonyl (C=O) groups excluding carboxylic acids is 1. The summed E-state index contributed by atoms with van der Waals surface area (Å²) < 4.78 is 23.8. The molecule has 1 aromatic carbocycles. The molecule has 160 valence electrons. The van der Waals surface area contributed by atoms with Crippen LogP contribution < -0.4 is 0 Å². The van der Waals surface area contributed by atoms with Crippen molar-refractivity contribution in [2.75, 3.05) is 6.61 Å². The summed E-state index contributed by atoms with van der Waals surface area (Å²) in [5.74, 6) is -1.32. The predicted molar refractivity (Wildman–Crippen MR) is 108 cm³/mol. The molecule has 0 aromatic heterocycles. The Hall–Kier alpha value is -1.73. The van der Waals surface area contributed by atoms with Crippen molar-refractivity contribution in [2.45, 2.75) is 82.3 Å². The summed E-state index contributed by atoms with van der Waals surface area (Å²) in [6.45, 7) is 8.05. The molecule has 1 aromatic rings. The molecule has 0 unspecified atom stereocenters. The van der Waals surface area contributed by atoms with Gasteiger partial charge in [-0.3, -0.25) is 4.79 Å². The van der Waals surface area contributed by atoms with Gasteiger partial charge in [-0.2, -0.15) is 0 Å². The van der Waals surface area contributed by atoms with Crippen LogP contribution in [0.4, 0.5) is 0 Å². The molecule has 0 radical (unpaired) electrons. The molecule has 2 aliphatic rings. The highest BCUT2D eigenvalue weighted by atomic mass is 16.7. The number of hydrogen-bond acceptors (Lipinski definition) is 6. The number of hydrogen-bond donors (Lipinski definition) is 1. The Morgan fingerprint density at radius 1 is 1.31 bits per heavy atom. The lowest BCUT2D eigenvalue weighted by Gasteiger charge is -2.51. The van der Waals surface area contributed by atoms with E-state index >= 15 is 0 Å². The summed E-state index contributed by atoms with van der Waals surface area (Å²) >= 11 is 0. The van der Waals surface area contributed by atoms with Crippen molar-refractivity contribution in [2.24, 2.45) is 0 Å². The molecule has 0 aliphatic carbocycles. The largest absolute Gasteiger partial charge is 0.462 e. The number of benzene rings is 1. The summed E-state index contributed by atoms with van der Waals surface area (Å²) in [7, 11) is 0. The van der Waals surface area contributed by atoms with Crippen LogP contribution in [-0.4, -0.2) is 47.4 Å². The highest BCUT2D eigenvalue weighted by Crippen LogP contribution is 2.44. The van der Waals surface area contributed by atoms with Gasteiger partial charge in [0.15, 0.2) is 5.79 Å². The lowest BCUT2D eigenvalue weighted by molar-refractivity contribution is -0.344. The first-order chi connectivity index (χ1) is 13.8. The molecule has 6 nitrogen and oxygen atoms in total. The van der Waals surface area contributed by atoms with Gasteiger partial charge in [0.05, 0.1) is 24.4 Å². The van der Waals surface area contributed by atoms with E-state index in [4.69, 9.17) is 18.9 Å². The van der Waals surface area contributed by atoms with Crippen molar-refractivity contribution in [3.8, 4) is 0 Å². The maximum atomic E-state index is 11.6. The van der Waals surface area contributed by atoms with Crippen LogP contribution in [0.2, 0.25) is 0 Å². The van der Waals surface area contributed by atoms with Crippen LogP contribution in [-0.2, 0) is 30.3 Å². The Labute approximate surface area is 172 Å². The molecule has 5 atom stereocenters. The molecule has 3 rings (SSSR count). The SMILES string of the molecule is C=C[C@H]1C[C@](C)(O)C[C@@]2(C[C@@H](OC(C)=O)C[C@H](CCOCc3ccccc3)O2)O1. The molecule has 2 saturated heterocycles. The first kappa shape index (κ1) is 22.0. The Balaban J connectivity index is 1.63. The van der Waals surface area contributed by atoms with Gasteiger partial charge in [0.2, 0.25) is 0 Å². The third kappa shape index (κ3) is 6.37. The number of aliphatic hydroxyl groups is 1. The van der Waals surface area contributed by atoms with Crippen LogP contribution >= 0.6 is 0 Å². The second-order valence-electron chi connectivity index (χ2n) is 8.42. The Kier molecular flexibility index (Phi) is 7.11. The minimum Gasteiger partial charge on any atom is -0.462 e. The second-order valence-corrected chi connectivity index (χ2v) is 8.42. The van der Waals surface area contributed by atoms with Crippen LogP contribution in [0.1, 0.15) is 51.5 Å². The smallest absolute Gasteiger partial charge is 0.302 e. The Morgan fingerprint density at radius 2 is 2.07 bits per heavy atom. The fourth-order valence-corrected chi connectivity index (χ4v) is 4.37. The van der Waals surface area contributed by atoms with Gasteiger partial charge < -0.3 is 24.1 Å². The van der Waals surface area contributed by atoms with E-state index < -0.39 is 11.4 Å². The number of carbonyl (C=O) groups is 1. The van der Waals surface area contributed by atoms with Crippen molar-refractivity contribution in [3.63, 3.8) is 0 Å². The standard InChI is InChI=1S/C23H32O6/c1-4-19-13-22(3,25)16-23(28-19)14-21(27-17(2)24)12-20(29-23)10-11-26-15-18-8-6-5-7-9-18/h4-9,19-21,25H,1,10-16H2,2-3H3/t19-,20-,21-,22-,23-/m0/s1. The third-order valence-electron chi connectivity index (χ3n) is 5.39. The van der Waals surface area contributed by atoms with Crippen LogP contribution in [0, 0.1) is 0 Å². The van der Waals surface area contributed by atoms with E-state index in [0.717, 1.165) is 5.56 Å². The summed E-state index contributed by atoms with van der Waals surface area (Å²) in [4.78, 5) is 11.6. The van der Waals surface area contributed by atoms with Crippen molar-refractivity contribution in [1.82, 2.24) is 0 Å². The molecule has 2 heterocycles. The third-order valence-corrected chi connectivity index (χ3v) is 5.39. The van der Waals surface area contributed by atoms with Crippen molar-refractivity contribution >= 4 is 5.97 Å². The van der Waals surface area contributed by atoms with Crippen LogP contribution in [0.5, 0.6) is 0 Å². The summed E-state index contributed by atoms with van der Waals surface area (Å²) in [5, 5.41) is 10.7. The molecule has 29 heavy (non-hydrogen) atoms. The molecule has 1 spiro atoms. The van der Waals surface area contributed by atoms with Gasteiger partial charge in [-0.15, -0.1) is 6.58 Å². The molecule has 0 amide bonds. The Morgan fingerprint density at radius 3 is 2.76 bits per heavy atom.